The van der Waals surface area contributed by atoms with Gasteiger partial charge in [0, 0.05) is 161 Å². The number of hydrogen-bond donors (Lipinski definition) is 5. The molecule has 0 amide bonds. The van der Waals surface area contributed by atoms with Crippen molar-refractivity contribution < 1.29 is 49.5 Å². The Balaban J connectivity index is -0.0000000161. The molecule has 0 heterocycles. The zero-order chi connectivity index (χ0) is 17.9. The van der Waals surface area contributed by atoms with Crippen molar-refractivity contribution in [3.05, 3.63) is 0 Å². The maximum atomic E-state index is 9.00. The Kier molecular flexibility index (Phi) is 116. The summed E-state index contributed by atoms with van der Waals surface area (Å²) in [6, 6.07) is 0. The second kappa shape index (κ2) is 49.7. The fourth-order valence-electron chi connectivity index (χ4n) is 0. The maximum Gasteiger partial charge on any atom is 0.300 e. The Hall–Kier alpha value is 1.61. The summed E-state index contributed by atoms with van der Waals surface area (Å²) in [6.45, 7) is 5.42. The van der Waals surface area contributed by atoms with Crippen molar-refractivity contribution in [2.75, 3.05) is 0 Å². The molecule has 0 spiro atoms. The summed E-state index contributed by atoms with van der Waals surface area (Å²) in [4.78, 5) is 45.0. The van der Waals surface area contributed by atoms with Crippen molar-refractivity contribution in [1.82, 2.24) is 0 Å². The van der Waals surface area contributed by atoms with Gasteiger partial charge in [-0.15, -0.1) is 0 Å². The predicted octanol–water partition coefficient (Wildman–Crippen LogP) is -1.07. The van der Waals surface area contributed by atoms with Gasteiger partial charge in [0.25, 0.3) is 29.8 Å². The van der Waals surface area contributed by atoms with Gasteiger partial charge in [-0.3, -0.25) is 24.0 Å². The summed E-state index contributed by atoms with van der Waals surface area (Å²) in [6.07, 6.45) is 0. The first-order chi connectivity index (χ1) is 8.66. The minimum Gasteiger partial charge on any atom is -0.481 e. The summed E-state index contributed by atoms with van der Waals surface area (Å²) >= 11 is 0. The molecule has 0 atom stereocenters. The normalized spacial score (nSPS) is 5.21. The zero-order valence-electron chi connectivity index (χ0n) is 15.5. The van der Waals surface area contributed by atoms with Crippen LogP contribution in [0.25, 0.3) is 0 Å². The van der Waals surface area contributed by atoms with Crippen molar-refractivity contribution in [1.29, 1.82) is 0 Å². The van der Waals surface area contributed by atoms with Crippen molar-refractivity contribution >= 4 is 156 Å². The molecule has 0 saturated carbocycles. The first kappa shape index (κ1) is 56.2. The second-order valence-electron chi connectivity index (χ2n) is 2.60. The van der Waals surface area contributed by atoms with Crippen LogP contribution in [0.5, 0.6) is 0 Å². The Morgan fingerprint density at radius 2 is 0.417 bits per heavy atom. The van der Waals surface area contributed by atoms with Crippen molar-refractivity contribution in [3.8, 4) is 0 Å². The van der Waals surface area contributed by atoms with Gasteiger partial charge in [-0.1, -0.05) is 0 Å². The third kappa shape index (κ3) is 4660. The molecule has 0 saturated heterocycles. The fourth-order valence-corrected chi connectivity index (χ4v) is 0. The number of carboxylic acids is 5. The summed E-state index contributed by atoms with van der Waals surface area (Å²) < 4.78 is 0. The number of carbonyl (C=O) groups is 5. The molecule has 5 N–H and O–H groups in total. The van der Waals surface area contributed by atoms with Crippen LogP contribution in [-0.4, -0.2) is 182 Å². The van der Waals surface area contributed by atoms with Gasteiger partial charge in [0.05, 0.1) is 0 Å². The van der Waals surface area contributed by atoms with E-state index in [0.29, 0.717) is 0 Å². The van der Waals surface area contributed by atoms with Crippen LogP contribution in [0, 0.1) is 0 Å². The van der Waals surface area contributed by atoms with Gasteiger partial charge in [-0.25, -0.2) is 0 Å². The number of hydrogen-bond acceptors (Lipinski definition) is 5. The monoisotopic (exact) mass is 409 g/mol. The number of aliphatic carboxylic acids is 5. The van der Waals surface area contributed by atoms with Gasteiger partial charge in [0.15, 0.2) is 0 Å². The molecule has 125 valence electrons. The molecule has 0 rings (SSSR count). The molecular weight excluding hydrogens is 389 g/mol. The Morgan fingerprint density at radius 1 is 0.417 bits per heavy atom. The minimum absolute atomic E-state index is 0. The van der Waals surface area contributed by atoms with Crippen molar-refractivity contribution in [2.45, 2.75) is 34.6 Å². The van der Waals surface area contributed by atoms with Crippen LogP contribution >= 0.6 is 0 Å². The summed E-state index contributed by atoms with van der Waals surface area (Å²) in [5, 5.41) is 37.1. The predicted molar refractivity (Wildman–Crippen MR) is 89.6 cm³/mol. The van der Waals surface area contributed by atoms with E-state index in [2.05, 4.69) is 0 Å². The molecule has 0 aliphatic carbocycles. The van der Waals surface area contributed by atoms with Crippen LogP contribution in [-0.2, 0) is 24.0 Å². The average Bonchev–Trinajstić information content (AvgIpc) is 1.94. The number of carboxylic acid groups (broad SMARTS) is 5. The van der Waals surface area contributed by atoms with E-state index in [-0.39, 0.29) is 126 Å². The molecule has 0 unspecified atom stereocenters. The van der Waals surface area contributed by atoms with Crippen LogP contribution in [0.1, 0.15) is 34.6 Å². The van der Waals surface area contributed by atoms with Crippen LogP contribution in [0.15, 0.2) is 0 Å². The van der Waals surface area contributed by atoms with Crippen molar-refractivity contribution in [3.63, 3.8) is 0 Å². The smallest absolute Gasteiger partial charge is 0.300 e. The Bertz CT molecular complexity index is 224. The third-order valence-corrected chi connectivity index (χ3v) is 0. The quantitative estimate of drug-likeness (QED) is 0.308. The zero-order valence-corrected chi connectivity index (χ0v) is 23.7. The van der Waals surface area contributed by atoms with E-state index in [1.165, 1.54) is 0 Å². The van der Waals surface area contributed by atoms with E-state index < -0.39 is 29.8 Å². The van der Waals surface area contributed by atoms with E-state index >= 15 is 0 Å². The first-order valence-corrected chi connectivity index (χ1v) is 4.64. The molecule has 0 aliphatic heterocycles. The maximum absolute atomic E-state index is 9.00. The Morgan fingerprint density at radius 3 is 0.417 bits per heavy atom. The van der Waals surface area contributed by atoms with Crippen LogP contribution in [0.3, 0.4) is 0 Å². The molecule has 0 aromatic rings. The minimum atomic E-state index is -0.833. The molecule has 14 heteroatoms. The third-order valence-electron chi connectivity index (χ3n) is 0. The molecule has 0 fully saturated rings. The van der Waals surface area contributed by atoms with E-state index in [4.69, 9.17) is 49.5 Å². The summed E-state index contributed by atoms with van der Waals surface area (Å²) in [5.41, 5.74) is 0. The van der Waals surface area contributed by atoms with E-state index in [0.717, 1.165) is 34.6 Å². The number of rotatable bonds is 0. The molecule has 0 aliphatic rings. The molecule has 0 aromatic heterocycles. The fraction of sp³-hybridized carbons (Fsp3) is 0.500. The van der Waals surface area contributed by atoms with Crippen LogP contribution in [0.2, 0.25) is 0 Å². The molecule has 24 heavy (non-hydrogen) atoms. The van der Waals surface area contributed by atoms with E-state index in [9.17, 15) is 0 Å². The van der Waals surface area contributed by atoms with Crippen LogP contribution < -0.4 is 0 Å². The molecule has 0 bridgehead atoms. The second-order valence-corrected chi connectivity index (χ2v) is 2.60. The molecule has 5 radical (unpaired) electrons. The average molecular weight is 409 g/mol. The van der Waals surface area contributed by atoms with Crippen molar-refractivity contribution in [2.24, 2.45) is 0 Å². The van der Waals surface area contributed by atoms with Gasteiger partial charge in [-0.05, 0) is 0 Å². The standard InChI is InChI=1S/5C2H4O2.Ca.3Na/c5*1-2(3)4;;;;/h5*1H3,(H,3,4);;;;. The molecule has 10 nitrogen and oxygen atoms in total. The van der Waals surface area contributed by atoms with Gasteiger partial charge in [0.1, 0.15) is 0 Å². The van der Waals surface area contributed by atoms with E-state index in [1.807, 2.05) is 0 Å². The van der Waals surface area contributed by atoms with E-state index in [1.54, 1.807) is 0 Å². The molecular formula is C10H20CaNa3O10. The topological polar surface area (TPSA) is 186 Å². The van der Waals surface area contributed by atoms with Crippen LogP contribution in [0.4, 0.5) is 0 Å². The SMILES string of the molecule is CC(=O)O.CC(=O)O.CC(=O)O.CC(=O)O.CC(=O)O.[Ca].[Na].[Na].[Na]. The van der Waals surface area contributed by atoms with Gasteiger partial charge in [0.2, 0.25) is 0 Å². The van der Waals surface area contributed by atoms with Gasteiger partial charge >= 0.3 is 0 Å². The van der Waals surface area contributed by atoms with Gasteiger partial charge in [-0.2, -0.15) is 0 Å². The largest absolute Gasteiger partial charge is 0.481 e. The molecule has 0 aromatic carbocycles. The summed E-state index contributed by atoms with van der Waals surface area (Å²) in [5.74, 6) is -4.17. The van der Waals surface area contributed by atoms with Gasteiger partial charge < -0.3 is 25.5 Å². The summed E-state index contributed by atoms with van der Waals surface area (Å²) in [7, 11) is 0. The first-order valence-electron chi connectivity index (χ1n) is 4.64. The Labute approximate surface area is 236 Å².